The first kappa shape index (κ1) is 22.9. The summed E-state index contributed by atoms with van der Waals surface area (Å²) in [7, 11) is 1.65. The van der Waals surface area contributed by atoms with E-state index in [-0.39, 0.29) is 24.5 Å². The molecule has 1 aromatic carbocycles. The molecule has 1 aliphatic rings. The minimum atomic E-state index is 0.0617. The summed E-state index contributed by atoms with van der Waals surface area (Å²) in [6.45, 7) is 12.5. The average Bonchev–Trinajstić information content (AvgIpc) is 3.11. The second-order valence-electron chi connectivity index (χ2n) is 8.83. The van der Waals surface area contributed by atoms with Gasteiger partial charge in [-0.3, -0.25) is 9.89 Å². The van der Waals surface area contributed by atoms with Crippen LogP contribution >= 0.6 is 0 Å². The third-order valence-electron chi connectivity index (χ3n) is 5.37. The first-order valence-corrected chi connectivity index (χ1v) is 11.0. The van der Waals surface area contributed by atoms with Gasteiger partial charge in [0.05, 0.1) is 19.6 Å². The predicted octanol–water partition coefficient (Wildman–Crippen LogP) is 3.21. The SMILES string of the molecule is COc1ccc(N2CCN(C(=O)Cc3n[nH]c(C)n3)C(CC(C)C)C2)cc1OC(C)C. The molecule has 2 heterocycles. The molecule has 1 amide bonds. The Morgan fingerprint density at radius 1 is 1.23 bits per heavy atom. The highest BCUT2D eigenvalue weighted by atomic mass is 16.5. The number of amides is 1. The number of carbonyl (C=O) groups excluding carboxylic acids is 1. The number of hydrogen-bond acceptors (Lipinski definition) is 6. The number of carbonyl (C=O) groups is 1. The molecule has 3 rings (SSSR count). The van der Waals surface area contributed by atoms with Crippen molar-refractivity contribution in [3.63, 3.8) is 0 Å². The van der Waals surface area contributed by atoms with Gasteiger partial charge in [-0.05, 0) is 45.2 Å². The molecule has 1 aromatic heterocycles. The van der Waals surface area contributed by atoms with Crippen molar-refractivity contribution in [3.05, 3.63) is 29.8 Å². The fourth-order valence-electron chi connectivity index (χ4n) is 4.08. The van der Waals surface area contributed by atoms with Crippen LogP contribution in [-0.4, -0.2) is 64.9 Å². The third-order valence-corrected chi connectivity index (χ3v) is 5.37. The average molecular weight is 430 g/mol. The molecule has 2 aromatic rings. The van der Waals surface area contributed by atoms with Crippen LogP contribution in [0.3, 0.4) is 0 Å². The van der Waals surface area contributed by atoms with Crippen LogP contribution < -0.4 is 14.4 Å². The molecule has 0 bridgehead atoms. The predicted molar refractivity (Wildman–Crippen MR) is 121 cm³/mol. The molecule has 1 fully saturated rings. The number of nitrogens with one attached hydrogen (secondary N) is 1. The van der Waals surface area contributed by atoms with Crippen LogP contribution in [0.1, 0.15) is 45.8 Å². The maximum absolute atomic E-state index is 13.0. The Hall–Kier alpha value is -2.77. The normalized spacial score (nSPS) is 16.8. The fourth-order valence-corrected chi connectivity index (χ4v) is 4.08. The number of aromatic amines is 1. The standard InChI is InChI=1S/C23H35N5O3/c1-15(2)11-19-14-27(18-7-8-20(30-6)21(12-18)31-16(3)4)9-10-28(19)23(29)13-22-24-17(5)25-26-22/h7-8,12,15-16,19H,9-11,13-14H2,1-6H3,(H,24,25,26). The number of rotatable bonds is 8. The van der Waals surface area contributed by atoms with Crippen LogP contribution in [0.4, 0.5) is 5.69 Å². The van der Waals surface area contributed by atoms with E-state index in [9.17, 15) is 4.79 Å². The molecule has 1 saturated heterocycles. The second-order valence-corrected chi connectivity index (χ2v) is 8.83. The summed E-state index contributed by atoms with van der Waals surface area (Å²) in [6, 6.07) is 6.19. The van der Waals surface area contributed by atoms with Crippen molar-refractivity contribution in [1.82, 2.24) is 20.1 Å². The van der Waals surface area contributed by atoms with Gasteiger partial charge in [-0.2, -0.15) is 5.10 Å². The number of ether oxygens (including phenoxy) is 2. The summed E-state index contributed by atoms with van der Waals surface area (Å²) in [4.78, 5) is 21.7. The van der Waals surface area contributed by atoms with Crippen LogP contribution in [0, 0.1) is 12.8 Å². The zero-order valence-corrected chi connectivity index (χ0v) is 19.5. The highest BCUT2D eigenvalue weighted by Crippen LogP contribution is 2.34. The monoisotopic (exact) mass is 429 g/mol. The number of benzene rings is 1. The van der Waals surface area contributed by atoms with Crippen LogP contribution in [0.2, 0.25) is 0 Å². The molecule has 170 valence electrons. The number of nitrogens with zero attached hydrogens (tertiary/aromatic N) is 4. The highest BCUT2D eigenvalue weighted by molar-refractivity contribution is 5.78. The van der Waals surface area contributed by atoms with Crippen LogP contribution in [-0.2, 0) is 11.2 Å². The summed E-state index contributed by atoms with van der Waals surface area (Å²) >= 11 is 0. The number of aryl methyl sites for hydroxylation is 1. The molecule has 31 heavy (non-hydrogen) atoms. The Labute approximate surface area is 184 Å². The Kier molecular flexibility index (Phi) is 7.41. The summed E-state index contributed by atoms with van der Waals surface area (Å²) in [5.41, 5.74) is 1.09. The molecule has 0 aliphatic carbocycles. The first-order valence-electron chi connectivity index (χ1n) is 11.0. The summed E-state index contributed by atoms with van der Waals surface area (Å²) in [6.07, 6.45) is 1.24. The van der Waals surface area contributed by atoms with Crippen molar-refractivity contribution in [1.29, 1.82) is 0 Å². The van der Waals surface area contributed by atoms with Gasteiger partial charge in [0.15, 0.2) is 17.3 Å². The van der Waals surface area contributed by atoms with E-state index in [1.54, 1.807) is 7.11 Å². The smallest absolute Gasteiger partial charge is 0.230 e. The topological polar surface area (TPSA) is 83.6 Å². The summed E-state index contributed by atoms with van der Waals surface area (Å²) < 4.78 is 11.4. The molecule has 1 unspecified atom stereocenters. The van der Waals surface area contributed by atoms with Gasteiger partial charge in [0.2, 0.25) is 5.91 Å². The van der Waals surface area contributed by atoms with E-state index in [4.69, 9.17) is 9.47 Å². The van der Waals surface area contributed by atoms with Gasteiger partial charge in [-0.25, -0.2) is 4.98 Å². The minimum Gasteiger partial charge on any atom is -0.493 e. The highest BCUT2D eigenvalue weighted by Gasteiger charge is 2.31. The lowest BCUT2D eigenvalue weighted by molar-refractivity contribution is -0.133. The molecular formula is C23H35N5O3. The number of piperazine rings is 1. The number of methoxy groups -OCH3 is 1. The number of hydrogen-bond donors (Lipinski definition) is 1. The lowest BCUT2D eigenvalue weighted by atomic mass is 9.99. The molecule has 0 saturated carbocycles. The zero-order chi connectivity index (χ0) is 22.5. The van der Waals surface area contributed by atoms with Crippen molar-refractivity contribution in [3.8, 4) is 11.5 Å². The minimum absolute atomic E-state index is 0.0617. The molecule has 8 nitrogen and oxygen atoms in total. The molecule has 1 atom stereocenters. The molecule has 0 spiro atoms. The van der Waals surface area contributed by atoms with Crippen molar-refractivity contribution < 1.29 is 14.3 Å². The third kappa shape index (κ3) is 5.89. The largest absolute Gasteiger partial charge is 0.493 e. The maximum atomic E-state index is 13.0. The van der Waals surface area contributed by atoms with E-state index < -0.39 is 0 Å². The van der Waals surface area contributed by atoms with Crippen molar-refractivity contribution in [2.75, 3.05) is 31.6 Å². The summed E-state index contributed by atoms with van der Waals surface area (Å²) in [5.74, 6) is 3.33. The van der Waals surface area contributed by atoms with Crippen LogP contribution in [0.25, 0.3) is 0 Å². The molecule has 0 radical (unpaired) electrons. The number of aromatic nitrogens is 3. The molecular weight excluding hydrogens is 394 g/mol. The fraction of sp³-hybridized carbons (Fsp3) is 0.609. The van der Waals surface area contributed by atoms with E-state index in [1.165, 1.54) is 0 Å². The Morgan fingerprint density at radius 2 is 2.00 bits per heavy atom. The summed E-state index contributed by atoms with van der Waals surface area (Å²) in [5, 5.41) is 6.94. The van der Waals surface area contributed by atoms with Crippen molar-refractivity contribution in [2.24, 2.45) is 5.92 Å². The van der Waals surface area contributed by atoms with Gasteiger partial charge < -0.3 is 19.3 Å². The molecule has 1 aliphatic heterocycles. The van der Waals surface area contributed by atoms with E-state index in [0.29, 0.717) is 18.3 Å². The van der Waals surface area contributed by atoms with Gasteiger partial charge in [0.1, 0.15) is 5.82 Å². The quantitative estimate of drug-likeness (QED) is 0.694. The zero-order valence-electron chi connectivity index (χ0n) is 19.5. The van der Waals surface area contributed by atoms with Crippen LogP contribution in [0.5, 0.6) is 11.5 Å². The van der Waals surface area contributed by atoms with E-state index in [2.05, 4.69) is 40.0 Å². The van der Waals surface area contributed by atoms with Gasteiger partial charge in [-0.1, -0.05) is 13.8 Å². The van der Waals surface area contributed by atoms with E-state index >= 15 is 0 Å². The Bertz CT molecular complexity index is 880. The molecule has 1 N–H and O–H groups in total. The lowest BCUT2D eigenvalue weighted by Crippen LogP contribution is -2.56. The van der Waals surface area contributed by atoms with Gasteiger partial charge in [0, 0.05) is 37.4 Å². The van der Waals surface area contributed by atoms with Gasteiger partial charge >= 0.3 is 0 Å². The van der Waals surface area contributed by atoms with Crippen molar-refractivity contribution >= 4 is 11.6 Å². The van der Waals surface area contributed by atoms with Gasteiger partial charge in [-0.15, -0.1) is 0 Å². The van der Waals surface area contributed by atoms with Gasteiger partial charge in [0.25, 0.3) is 0 Å². The molecule has 8 heteroatoms. The number of H-pyrrole nitrogens is 1. The van der Waals surface area contributed by atoms with Crippen molar-refractivity contribution in [2.45, 2.75) is 59.6 Å². The Morgan fingerprint density at radius 3 is 2.61 bits per heavy atom. The lowest BCUT2D eigenvalue weighted by Gasteiger charge is -2.43. The van der Waals surface area contributed by atoms with E-state index in [1.807, 2.05) is 37.8 Å². The first-order chi connectivity index (χ1) is 14.8. The van der Waals surface area contributed by atoms with E-state index in [0.717, 1.165) is 42.5 Å². The maximum Gasteiger partial charge on any atom is 0.230 e. The second kappa shape index (κ2) is 10.0. The number of anilines is 1. The Balaban J connectivity index is 1.76. The van der Waals surface area contributed by atoms with Crippen LogP contribution in [0.15, 0.2) is 18.2 Å².